The zero-order valence-electron chi connectivity index (χ0n) is 20.6. The van der Waals surface area contributed by atoms with Crippen LogP contribution < -0.4 is 5.14 Å². The van der Waals surface area contributed by atoms with E-state index in [4.69, 9.17) is 5.14 Å². The highest BCUT2D eigenvalue weighted by molar-refractivity contribution is 7.84. The lowest BCUT2D eigenvalue weighted by Gasteiger charge is -2.27. The predicted molar refractivity (Wildman–Crippen MR) is 129 cm³/mol. The summed E-state index contributed by atoms with van der Waals surface area (Å²) in [5, 5.41) is 5.88. The Morgan fingerprint density at radius 1 is 1.06 bits per heavy atom. The molecule has 1 unspecified atom stereocenters. The molecular formula is C25H29F6N3OS. The highest BCUT2D eigenvalue weighted by atomic mass is 32.2. The van der Waals surface area contributed by atoms with Gasteiger partial charge in [-0.05, 0) is 61.6 Å². The molecule has 0 amide bonds. The van der Waals surface area contributed by atoms with E-state index in [0.29, 0.717) is 18.0 Å². The first-order valence-corrected chi connectivity index (χ1v) is 12.4. The normalized spacial score (nSPS) is 15.0. The Hall–Kier alpha value is -2.40. The monoisotopic (exact) mass is 533 g/mol. The van der Waals surface area contributed by atoms with Crippen molar-refractivity contribution in [1.82, 2.24) is 9.55 Å². The number of pyridine rings is 1. The summed E-state index contributed by atoms with van der Waals surface area (Å²) >= 11 is 0. The van der Waals surface area contributed by atoms with E-state index in [1.165, 1.54) is 32.2 Å². The smallest absolute Gasteiger partial charge is 0.332 e. The summed E-state index contributed by atoms with van der Waals surface area (Å²) in [6, 6.07) is 5.09. The van der Waals surface area contributed by atoms with Gasteiger partial charge in [0.15, 0.2) is 0 Å². The number of nitrogens with two attached hydrogens (primary N) is 1. The minimum absolute atomic E-state index is 0.0633. The molecule has 0 saturated heterocycles. The van der Waals surface area contributed by atoms with Crippen LogP contribution in [-0.2, 0) is 23.7 Å². The fourth-order valence-electron chi connectivity index (χ4n) is 4.19. The average Bonchev–Trinajstić information content (AvgIpc) is 3.06. The second-order valence-corrected chi connectivity index (χ2v) is 12.4. The summed E-state index contributed by atoms with van der Waals surface area (Å²) < 4.78 is 95.6. The number of rotatable bonds is 7. The van der Waals surface area contributed by atoms with Crippen molar-refractivity contribution in [3.05, 3.63) is 53.5 Å². The number of hydrogen-bond donors (Lipinski definition) is 1. The molecule has 0 fully saturated rings. The van der Waals surface area contributed by atoms with Crippen molar-refractivity contribution in [3.8, 4) is 11.3 Å². The van der Waals surface area contributed by atoms with Crippen molar-refractivity contribution >= 4 is 22.0 Å². The van der Waals surface area contributed by atoms with Crippen LogP contribution in [0.2, 0.25) is 0 Å². The Morgan fingerprint density at radius 2 is 1.69 bits per heavy atom. The van der Waals surface area contributed by atoms with Crippen molar-refractivity contribution in [3.63, 3.8) is 0 Å². The number of alkyl halides is 5. The Balaban J connectivity index is 2.26. The Labute approximate surface area is 208 Å². The number of halogens is 6. The first-order chi connectivity index (χ1) is 16.4. The van der Waals surface area contributed by atoms with E-state index in [1.54, 1.807) is 4.57 Å². The molecular weight excluding hydrogens is 504 g/mol. The predicted octanol–water partition coefficient (Wildman–Crippen LogP) is 7.05. The number of fused-ring (bicyclic) bond motifs is 1. The lowest BCUT2D eigenvalue weighted by Crippen LogP contribution is -2.35. The van der Waals surface area contributed by atoms with Crippen LogP contribution in [0.3, 0.4) is 0 Å². The molecule has 11 heteroatoms. The van der Waals surface area contributed by atoms with Gasteiger partial charge in [-0.25, -0.2) is 22.4 Å². The van der Waals surface area contributed by atoms with Crippen LogP contribution in [0, 0.1) is 11.2 Å². The number of nitrogens with zero attached hydrogens (tertiary/aromatic N) is 2. The van der Waals surface area contributed by atoms with Crippen LogP contribution in [-0.4, -0.2) is 24.9 Å². The summed E-state index contributed by atoms with van der Waals surface area (Å²) in [5.74, 6) is -2.37. The van der Waals surface area contributed by atoms with E-state index in [9.17, 15) is 30.6 Å². The van der Waals surface area contributed by atoms with Crippen molar-refractivity contribution in [2.24, 2.45) is 10.6 Å². The maximum atomic E-state index is 14.3. The van der Waals surface area contributed by atoms with E-state index in [0.717, 1.165) is 12.1 Å². The van der Waals surface area contributed by atoms with Gasteiger partial charge in [0.2, 0.25) is 6.43 Å². The maximum absolute atomic E-state index is 14.3. The number of benzene rings is 1. The highest BCUT2D eigenvalue weighted by Crippen LogP contribution is 2.41. The van der Waals surface area contributed by atoms with E-state index < -0.39 is 45.6 Å². The number of hydrogen-bond acceptors (Lipinski definition) is 2. The topological polar surface area (TPSA) is 60.9 Å². The zero-order valence-corrected chi connectivity index (χ0v) is 21.4. The summed E-state index contributed by atoms with van der Waals surface area (Å²) in [4.78, 5) is 4.44. The molecule has 3 rings (SSSR count). The molecule has 198 valence electrons. The van der Waals surface area contributed by atoms with Gasteiger partial charge >= 0.3 is 6.18 Å². The lowest BCUT2D eigenvalue weighted by molar-refractivity contribution is -0.137. The van der Waals surface area contributed by atoms with Gasteiger partial charge in [-0.1, -0.05) is 20.8 Å². The molecule has 2 N–H and O–H groups in total. The maximum Gasteiger partial charge on any atom is 0.417 e. The third kappa shape index (κ3) is 6.11. The van der Waals surface area contributed by atoms with E-state index in [1.807, 2.05) is 20.8 Å². The van der Waals surface area contributed by atoms with E-state index >= 15 is 0 Å². The second-order valence-electron chi connectivity index (χ2n) is 10.7. The first-order valence-electron chi connectivity index (χ1n) is 11.2. The highest BCUT2D eigenvalue weighted by Gasteiger charge is 2.37. The van der Waals surface area contributed by atoms with Gasteiger partial charge in [-0.3, -0.25) is 5.14 Å². The number of aromatic nitrogens is 2. The molecule has 0 saturated carbocycles. The Kier molecular flexibility index (Phi) is 7.68. The second kappa shape index (κ2) is 9.81. The molecule has 0 radical (unpaired) electrons. The molecule has 3 aromatic rings. The fraction of sp³-hybridized carbons (Fsp3) is 0.480. The fourth-order valence-corrected chi connectivity index (χ4v) is 4.53. The molecule has 2 heterocycles. The molecule has 4 nitrogen and oxygen atoms in total. The lowest BCUT2D eigenvalue weighted by atomic mass is 9.90. The molecule has 36 heavy (non-hydrogen) atoms. The average molecular weight is 534 g/mol. The molecule has 2 aromatic heterocycles. The van der Waals surface area contributed by atoms with Crippen LogP contribution in [0.5, 0.6) is 0 Å². The molecule has 0 aliphatic rings. The minimum Gasteiger partial charge on any atom is -0.332 e. The van der Waals surface area contributed by atoms with Crippen molar-refractivity contribution in [2.75, 3.05) is 0 Å². The van der Waals surface area contributed by atoms with Crippen LogP contribution in [0.15, 0.2) is 36.5 Å². The van der Waals surface area contributed by atoms with E-state index in [2.05, 4.69) is 4.98 Å². The summed E-state index contributed by atoms with van der Waals surface area (Å²) in [6.07, 6.45) is -6.28. The van der Waals surface area contributed by atoms with Gasteiger partial charge in [0.25, 0.3) is 0 Å². The van der Waals surface area contributed by atoms with Crippen molar-refractivity contribution in [2.45, 2.75) is 70.9 Å². The van der Waals surface area contributed by atoms with Gasteiger partial charge in [-0.2, -0.15) is 13.2 Å². The standard InChI is InChI=1S/C25H29F6N3OS/c1-23(2,3)13-34-12-18(17(21(27)28)11-24(4,5)36(32)35)15-8-9-20(33-22(15)34)16-7-6-14(26)10-19(16)25(29,30)31/h6-10,12,17,21H,11,13,32H2,1-5H3/t17-,36?/m0/s1. The van der Waals surface area contributed by atoms with Crippen LogP contribution in [0.4, 0.5) is 26.3 Å². The molecule has 2 atom stereocenters. The third-order valence-corrected chi connectivity index (χ3v) is 7.18. The van der Waals surface area contributed by atoms with E-state index in [-0.39, 0.29) is 34.3 Å². The summed E-state index contributed by atoms with van der Waals surface area (Å²) in [5.41, 5.74) is -1.40. The molecule has 0 aliphatic heterocycles. The van der Waals surface area contributed by atoms with Gasteiger partial charge in [0.1, 0.15) is 11.5 Å². The van der Waals surface area contributed by atoms with Gasteiger partial charge < -0.3 is 4.57 Å². The SMILES string of the molecule is CC(C)(C)Cn1cc([C@H](CC(C)(C)S(N)=O)C(F)F)c2ccc(-c3ccc(F)cc3C(F)(F)F)nc21. The Bertz CT molecular complexity index is 1280. The summed E-state index contributed by atoms with van der Waals surface area (Å²) in [7, 11) is -1.86. The van der Waals surface area contributed by atoms with Gasteiger partial charge in [0.05, 0.1) is 27.0 Å². The molecule has 0 spiro atoms. The molecule has 0 aliphatic carbocycles. The van der Waals surface area contributed by atoms with Gasteiger partial charge in [-0.15, -0.1) is 0 Å². The third-order valence-electron chi connectivity index (χ3n) is 5.92. The zero-order chi connectivity index (χ0) is 27.2. The van der Waals surface area contributed by atoms with Gasteiger partial charge in [0, 0.05) is 29.6 Å². The quantitative estimate of drug-likeness (QED) is 0.331. The molecule has 1 aromatic carbocycles. The van der Waals surface area contributed by atoms with Crippen LogP contribution >= 0.6 is 0 Å². The first kappa shape index (κ1) is 28.2. The van der Waals surface area contributed by atoms with Crippen LogP contribution in [0.25, 0.3) is 22.3 Å². The largest absolute Gasteiger partial charge is 0.417 e. The minimum atomic E-state index is -4.82. The summed E-state index contributed by atoms with van der Waals surface area (Å²) in [6.45, 7) is 9.20. The molecule has 0 bridgehead atoms. The van der Waals surface area contributed by atoms with Crippen molar-refractivity contribution < 1.29 is 30.6 Å². The van der Waals surface area contributed by atoms with Crippen LogP contribution in [0.1, 0.15) is 58.1 Å². The Morgan fingerprint density at radius 3 is 2.22 bits per heavy atom. The van der Waals surface area contributed by atoms with Crippen molar-refractivity contribution in [1.29, 1.82) is 0 Å².